The van der Waals surface area contributed by atoms with Crippen molar-refractivity contribution in [2.45, 2.75) is 52.0 Å². The third kappa shape index (κ3) is 5.29. The normalized spacial score (nSPS) is 12.4. The highest BCUT2D eigenvalue weighted by atomic mass is 32.1. The van der Waals surface area contributed by atoms with Gasteiger partial charge in [0, 0.05) is 35.9 Å². The van der Waals surface area contributed by atoms with Crippen molar-refractivity contribution in [3.05, 3.63) is 51.8 Å². The molecule has 0 aromatic carbocycles. The second-order valence-corrected chi connectivity index (χ2v) is 9.44. The van der Waals surface area contributed by atoms with Crippen molar-refractivity contribution in [1.82, 2.24) is 24.9 Å². The van der Waals surface area contributed by atoms with Crippen LogP contribution in [-0.4, -0.2) is 36.6 Å². The van der Waals surface area contributed by atoms with Gasteiger partial charge in [0.25, 0.3) is 5.91 Å². The summed E-state index contributed by atoms with van der Waals surface area (Å²) in [6.07, 6.45) is 4.32. The summed E-state index contributed by atoms with van der Waals surface area (Å²) < 4.78 is 0. The molecule has 1 amide bonds. The van der Waals surface area contributed by atoms with E-state index in [2.05, 4.69) is 30.2 Å². The zero-order valence-corrected chi connectivity index (χ0v) is 19.2. The lowest BCUT2D eigenvalue weighted by molar-refractivity contribution is 0.0968. The lowest BCUT2D eigenvalue weighted by Gasteiger charge is -2.17. The van der Waals surface area contributed by atoms with E-state index in [1.54, 1.807) is 6.07 Å². The number of amides is 1. The summed E-state index contributed by atoms with van der Waals surface area (Å²) >= 11 is 1.23. The van der Waals surface area contributed by atoms with Crippen LogP contribution in [-0.2, 0) is 12.0 Å². The third-order valence-electron chi connectivity index (χ3n) is 4.78. The standard InChI is InChI=1S/C21H26N8O2S/c1-11(5-13(30)17-12(7-22)18(23)28-10-27-17)20-24-8-14(32-20)19(31)29-16-6-15(21(2,3)4)25-9-26-16/h6,8-11H,5,7,22H2,1-4H3,(H2,23,27,28)(H,25,26,29,31)/t11-/m1/s1. The highest BCUT2D eigenvalue weighted by molar-refractivity contribution is 7.13. The molecule has 3 aromatic heterocycles. The Bertz CT molecular complexity index is 1140. The average molecular weight is 455 g/mol. The van der Waals surface area contributed by atoms with E-state index in [0.717, 1.165) is 5.69 Å². The van der Waals surface area contributed by atoms with Crippen LogP contribution in [0.1, 0.15) is 76.5 Å². The Morgan fingerprint density at radius 1 is 1.12 bits per heavy atom. The number of nitrogens with one attached hydrogen (secondary N) is 1. The van der Waals surface area contributed by atoms with Crippen molar-refractivity contribution in [2.75, 3.05) is 11.1 Å². The Hall–Kier alpha value is -3.31. The summed E-state index contributed by atoms with van der Waals surface area (Å²) in [5, 5.41) is 3.44. The number of nitrogens with two attached hydrogens (primary N) is 2. The maximum absolute atomic E-state index is 12.7. The Labute approximate surface area is 189 Å². The molecule has 0 aliphatic heterocycles. The monoisotopic (exact) mass is 454 g/mol. The number of hydrogen-bond acceptors (Lipinski definition) is 10. The summed E-state index contributed by atoms with van der Waals surface area (Å²) in [5.41, 5.74) is 12.8. The number of carbonyl (C=O) groups is 2. The van der Waals surface area contributed by atoms with Crippen molar-refractivity contribution in [3.8, 4) is 0 Å². The Balaban J connectivity index is 1.69. The molecule has 11 heteroatoms. The van der Waals surface area contributed by atoms with Gasteiger partial charge in [-0.2, -0.15) is 0 Å². The van der Waals surface area contributed by atoms with Gasteiger partial charge in [-0.05, 0) is 0 Å². The molecular formula is C21H26N8O2S. The highest BCUT2D eigenvalue weighted by Gasteiger charge is 2.22. The number of Topliss-reactive ketones (excluding diaryl/α,β-unsaturated/α-hetero) is 1. The van der Waals surface area contributed by atoms with Crippen LogP contribution in [0.25, 0.3) is 0 Å². The minimum Gasteiger partial charge on any atom is -0.383 e. The van der Waals surface area contributed by atoms with E-state index in [4.69, 9.17) is 11.5 Å². The number of anilines is 2. The van der Waals surface area contributed by atoms with Crippen LogP contribution < -0.4 is 16.8 Å². The number of thiazole rings is 1. The Morgan fingerprint density at radius 3 is 2.53 bits per heavy atom. The zero-order chi connectivity index (χ0) is 23.5. The number of aromatic nitrogens is 5. The largest absolute Gasteiger partial charge is 0.383 e. The van der Waals surface area contributed by atoms with Crippen LogP contribution in [0.4, 0.5) is 11.6 Å². The molecule has 1 atom stereocenters. The minimum absolute atomic E-state index is 0.0731. The fraction of sp³-hybridized carbons (Fsp3) is 0.381. The van der Waals surface area contributed by atoms with Crippen LogP contribution in [0.15, 0.2) is 24.9 Å². The molecule has 0 saturated carbocycles. The molecule has 0 radical (unpaired) electrons. The molecule has 0 unspecified atom stereocenters. The fourth-order valence-corrected chi connectivity index (χ4v) is 3.83. The van der Waals surface area contributed by atoms with E-state index >= 15 is 0 Å². The van der Waals surface area contributed by atoms with Gasteiger partial charge in [0.05, 0.1) is 16.9 Å². The van der Waals surface area contributed by atoms with Crippen molar-refractivity contribution < 1.29 is 9.59 Å². The van der Waals surface area contributed by atoms with E-state index in [0.29, 0.717) is 21.3 Å². The molecule has 0 spiro atoms. The molecular weight excluding hydrogens is 428 g/mol. The summed E-state index contributed by atoms with van der Waals surface area (Å²) in [4.78, 5) is 46.5. The number of carbonyl (C=O) groups excluding carboxylic acids is 2. The molecule has 5 N–H and O–H groups in total. The minimum atomic E-state index is -0.320. The first kappa shape index (κ1) is 23.4. The summed E-state index contributed by atoms with van der Waals surface area (Å²) in [6, 6.07) is 1.75. The van der Waals surface area contributed by atoms with Crippen LogP contribution in [0, 0.1) is 0 Å². The van der Waals surface area contributed by atoms with Gasteiger partial charge in [0.2, 0.25) is 0 Å². The SMILES string of the molecule is C[C@H](CC(=O)c1ncnc(N)c1CN)c1ncc(C(=O)Nc2cc(C(C)(C)C)ncn2)s1. The third-order valence-corrected chi connectivity index (χ3v) is 6.01. The van der Waals surface area contributed by atoms with Gasteiger partial charge < -0.3 is 16.8 Å². The zero-order valence-electron chi connectivity index (χ0n) is 18.4. The van der Waals surface area contributed by atoms with Gasteiger partial charge in [0.1, 0.15) is 34.9 Å². The van der Waals surface area contributed by atoms with Crippen molar-refractivity contribution >= 4 is 34.7 Å². The molecule has 0 aliphatic carbocycles. The quantitative estimate of drug-likeness (QED) is 0.455. The van der Waals surface area contributed by atoms with E-state index < -0.39 is 0 Å². The van der Waals surface area contributed by atoms with Gasteiger partial charge in [-0.25, -0.2) is 24.9 Å². The number of ketones is 1. The molecule has 10 nitrogen and oxygen atoms in total. The van der Waals surface area contributed by atoms with E-state index in [-0.39, 0.29) is 47.5 Å². The fourth-order valence-electron chi connectivity index (χ4n) is 2.96. The summed E-state index contributed by atoms with van der Waals surface area (Å²) in [5.74, 6) is -0.124. The van der Waals surface area contributed by atoms with Gasteiger partial charge >= 0.3 is 0 Å². The Kier molecular flexibility index (Phi) is 6.90. The predicted molar refractivity (Wildman–Crippen MR) is 122 cm³/mol. The predicted octanol–water partition coefficient (Wildman–Crippen LogP) is 2.69. The molecule has 168 valence electrons. The highest BCUT2D eigenvalue weighted by Crippen LogP contribution is 2.27. The topological polar surface area (TPSA) is 163 Å². The van der Waals surface area contributed by atoms with E-state index in [1.165, 1.54) is 30.2 Å². The Morgan fingerprint density at radius 2 is 1.84 bits per heavy atom. The van der Waals surface area contributed by atoms with E-state index in [9.17, 15) is 9.59 Å². The van der Waals surface area contributed by atoms with Gasteiger partial charge in [-0.15, -0.1) is 11.3 Å². The van der Waals surface area contributed by atoms with Crippen molar-refractivity contribution in [2.24, 2.45) is 5.73 Å². The number of rotatable bonds is 7. The maximum Gasteiger partial charge on any atom is 0.268 e. The second-order valence-electron chi connectivity index (χ2n) is 8.37. The number of nitrogen functional groups attached to an aromatic ring is 1. The smallest absolute Gasteiger partial charge is 0.268 e. The van der Waals surface area contributed by atoms with Gasteiger partial charge in [-0.1, -0.05) is 27.7 Å². The first-order chi connectivity index (χ1) is 15.1. The molecule has 0 fully saturated rings. The van der Waals surface area contributed by atoms with Gasteiger partial charge in [0.15, 0.2) is 5.78 Å². The maximum atomic E-state index is 12.7. The van der Waals surface area contributed by atoms with Crippen LogP contribution in [0.3, 0.4) is 0 Å². The number of nitrogens with zero attached hydrogens (tertiary/aromatic N) is 5. The van der Waals surface area contributed by atoms with Crippen LogP contribution in [0.2, 0.25) is 0 Å². The summed E-state index contributed by atoms with van der Waals surface area (Å²) in [7, 11) is 0. The number of hydrogen-bond donors (Lipinski definition) is 3. The van der Waals surface area contributed by atoms with Gasteiger partial charge in [-0.3, -0.25) is 9.59 Å². The molecule has 0 saturated heterocycles. The molecule has 3 aromatic rings. The van der Waals surface area contributed by atoms with Crippen LogP contribution in [0.5, 0.6) is 0 Å². The first-order valence-electron chi connectivity index (χ1n) is 10.0. The van der Waals surface area contributed by atoms with Crippen molar-refractivity contribution in [1.29, 1.82) is 0 Å². The molecule has 32 heavy (non-hydrogen) atoms. The lowest BCUT2D eigenvalue weighted by atomic mass is 9.92. The molecule has 3 heterocycles. The molecule has 0 aliphatic rings. The average Bonchev–Trinajstić information content (AvgIpc) is 3.24. The lowest BCUT2D eigenvalue weighted by Crippen LogP contribution is -2.16. The second kappa shape index (κ2) is 9.45. The first-order valence-corrected chi connectivity index (χ1v) is 10.8. The van der Waals surface area contributed by atoms with E-state index in [1.807, 2.05) is 27.7 Å². The summed E-state index contributed by atoms with van der Waals surface area (Å²) in [6.45, 7) is 8.04. The van der Waals surface area contributed by atoms with Crippen molar-refractivity contribution in [3.63, 3.8) is 0 Å². The molecule has 0 bridgehead atoms. The van der Waals surface area contributed by atoms with Crippen LogP contribution >= 0.6 is 11.3 Å². The molecule has 3 rings (SSSR count).